The molecule has 0 radical (unpaired) electrons. The van der Waals surface area contributed by atoms with Crippen LogP contribution in [-0.2, 0) is 11.2 Å². The number of hydrogen-bond acceptors (Lipinski definition) is 3. The number of rotatable bonds is 8. The molecule has 1 aliphatic heterocycles. The predicted molar refractivity (Wildman–Crippen MR) is 136 cm³/mol. The van der Waals surface area contributed by atoms with Gasteiger partial charge in [-0.1, -0.05) is 19.1 Å². The third-order valence-corrected chi connectivity index (χ3v) is 5.36. The third kappa shape index (κ3) is 8.16. The van der Waals surface area contributed by atoms with Gasteiger partial charge in [0.05, 0.1) is 12.2 Å². The highest BCUT2D eigenvalue weighted by Crippen LogP contribution is 2.16. The van der Waals surface area contributed by atoms with Gasteiger partial charge in [-0.15, -0.1) is 24.0 Å². The van der Waals surface area contributed by atoms with Gasteiger partial charge in [0.25, 0.3) is 0 Å². The van der Waals surface area contributed by atoms with Crippen LogP contribution in [0.2, 0.25) is 0 Å². The number of aliphatic imine (C=N–C) groups is 1. The minimum Gasteiger partial charge on any atom is -0.357 e. The molecule has 1 atom stereocenters. The van der Waals surface area contributed by atoms with E-state index in [2.05, 4.69) is 51.9 Å². The van der Waals surface area contributed by atoms with Crippen LogP contribution in [0, 0.1) is 5.92 Å². The maximum absolute atomic E-state index is 12.4. The largest absolute Gasteiger partial charge is 0.357 e. The van der Waals surface area contributed by atoms with E-state index in [1.807, 2.05) is 28.8 Å². The number of nitrogens with one attached hydrogen (secondary N) is 2. The Morgan fingerprint density at radius 1 is 1.26 bits per heavy atom. The molecule has 7 nitrogen and oxygen atoms in total. The van der Waals surface area contributed by atoms with Crippen molar-refractivity contribution in [3.05, 3.63) is 48.3 Å². The summed E-state index contributed by atoms with van der Waals surface area (Å²) in [7, 11) is 0. The molecule has 3 rings (SSSR count). The van der Waals surface area contributed by atoms with E-state index in [0.29, 0.717) is 18.9 Å². The average molecular weight is 538 g/mol. The van der Waals surface area contributed by atoms with Gasteiger partial charge < -0.3 is 15.5 Å². The first-order valence-electron chi connectivity index (χ1n) is 11.0. The Balaban J connectivity index is 0.00000341. The van der Waals surface area contributed by atoms with Crippen molar-refractivity contribution in [3.8, 4) is 5.69 Å². The highest BCUT2D eigenvalue weighted by Gasteiger charge is 2.20. The fourth-order valence-electron chi connectivity index (χ4n) is 3.74. The van der Waals surface area contributed by atoms with Crippen molar-refractivity contribution in [3.63, 3.8) is 0 Å². The zero-order valence-electron chi connectivity index (χ0n) is 18.6. The van der Waals surface area contributed by atoms with E-state index in [1.165, 1.54) is 12.0 Å². The molecule has 1 aliphatic rings. The standard InChI is InChI=1S/C23H34N6O.HI/c1-3-24-23(26-15-12-22(30)28-16-4-6-19(2)18-28)25-14-11-20-7-9-21(10-8-20)29-17-5-13-27-29;/h5,7-10,13,17,19H,3-4,6,11-12,14-16,18H2,1-2H3,(H2,24,25,26);1H. The number of aromatic nitrogens is 2. The Labute approximate surface area is 202 Å². The Morgan fingerprint density at radius 2 is 2.06 bits per heavy atom. The van der Waals surface area contributed by atoms with Crippen molar-refractivity contribution in [2.24, 2.45) is 10.9 Å². The Kier molecular flexibility index (Phi) is 10.8. The molecule has 1 unspecified atom stereocenters. The summed E-state index contributed by atoms with van der Waals surface area (Å²) >= 11 is 0. The lowest BCUT2D eigenvalue weighted by atomic mass is 10.00. The molecular formula is C23H35IN6O. The number of amides is 1. The van der Waals surface area contributed by atoms with Gasteiger partial charge in [-0.2, -0.15) is 5.10 Å². The molecule has 0 bridgehead atoms. The zero-order valence-corrected chi connectivity index (χ0v) is 20.9. The number of benzene rings is 1. The van der Waals surface area contributed by atoms with Gasteiger partial charge in [-0.3, -0.25) is 9.79 Å². The molecule has 1 saturated heterocycles. The molecule has 2 N–H and O–H groups in total. The summed E-state index contributed by atoms with van der Waals surface area (Å²) in [6, 6.07) is 10.3. The minimum absolute atomic E-state index is 0. The second-order valence-electron chi connectivity index (χ2n) is 7.89. The number of guanidine groups is 1. The summed E-state index contributed by atoms with van der Waals surface area (Å²) in [5, 5.41) is 10.9. The second kappa shape index (κ2) is 13.3. The van der Waals surface area contributed by atoms with E-state index in [9.17, 15) is 4.79 Å². The summed E-state index contributed by atoms with van der Waals surface area (Å²) in [6.07, 6.45) is 7.42. The van der Waals surface area contributed by atoms with Crippen LogP contribution in [0.25, 0.3) is 5.69 Å². The zero-order chi connectivity index (χ0) is 21.2. The van der Waals surface area contributed by atoms with Crippen LogP contribution < -0.4 is 10.6 Å². The molecule has 1 amide bonds. The van der Waals surface area contributed by atoms with Gasteiger partial charge in [-0.05, 0) is 55.9 Å². The van der Waals surface area contributed by atoms with Gasteiger partial charge in [0.1, 0.15) is 0 Å². The lowest BCUT2D eigenvalue weighted by Crippen LogP contribution is -2.40. The molecule has 0 aliphatic carbocycles. The lowest BCUT2D eigenvalue weighted by molar-refractivity contribution is -0.132. The van der Waals surface area contributed by atoms with Crippen LogP contribution in [0.1, 0.15) is 38.7 Å². The van der Waals surface area contributed by atoms with Crippen LogP contribution in [0.4, 0.5) is 0 Å². The number of piperidine rings is 1. The van der Waals surface area contributed by atoms with E-state index in [-0.39, 0.29) is 29.9 Å². The van der Waals surface area contributed by atoms with Crippen molar-refractivity contribution in [2.45, 2.75) is 39.5 Å². The third-order valence-electron chi connectivity index (χ3n) is 5.36. The van der Waals surface area contributed by atoms with Gasteiger partial charge >= 0.3 is 0 Å². The topological polar surface area (TPSA) is 74.6 Å². The normalized spacial score (nSPS) is 16.5. The summed E-state index contributed by atoms with van der Waals surface area (Å²) in [4.78, 5) is 19.0. The van der Waals surface area contributed by atoms with E-state index in [0.717, 1.165) is 50.7 Å². The first-order chi connectivity index (χ1) is 14.7. The first kappa shape index (κ1) is 25.2. The van der Waals surface area contributed by atoms with Crippen molar-refractivity contribution in [2.75, 3.05) is 32.7 Å². The number of halogens is 1. The summed E-state index contributed by atoms with van der Waals surface area (Å²) in [5.74, 6) is 1.60. The van der Waals surface area contributed by atoms with E-state index < -0.39 is 0 Å². The molecule has 170 valence electrons. The molecule has 1 aromatic heterocycles. The average Bonchev–Trinajstić information content (AvgIpc) is 3.29. The number of carbonyl (C=O) groups excluding carboxylic acids is 1. The summed E-state index contributed by atoms with van der Waals surface area (Å²) < 4.78 is 1.85. The second-order valence-corrected chi connectivity index (χ2v) is 7.89. The van der Waals surface area contributed by atoms with E-state index in [1.54, 1.807) is 6.20 Å². The maximum atomic E-state index is 12.4. The van der Waals surface area contributed by atoms with E-state index >= 15 is 0 Å². The van der Waals surface area contributed by atoms with Crippen molar-refractivity contribution < 1.29 is 4.79 Å². The molecule has 2 aromatic rings. The van der Waals surface area contributed by atoms with Gasteiger partial charge in [-0.25, -0.2) is 4.68 Å². The lowest BCUT2D eigenvalue weighted by Gasteiger charge is -2.30. The minimum atomic E-state index is 0. The smallest absolute Gasteiger partial charge is 0.224 e. The monoisotopic (exact) mass is 538 g/mol. The molecule has 1 aromatic carbocycles. The Morgan fingerprint density at radius 3 is 2.74 bits per heavy atom. The summed E-state index contributed by atoms with van der Waals surface area (Å²) in [5.41, 5.74) is 2.31. The van der Waals surface area contributed by atoms with Crippen LogP contribution in [0.3, 0.4) is 0 Å². The fourth-order valence-corrected chi connectivity index (χ4v) is 3.74. The van der Waals surface area contributed by atoms with Crippen LogP contribution in [0.15, 0.2) is 47.7 Å². The van der Waals surface area contributed by atoms with Crippen LogP contribution in [-0.4, -0.2) is 59.3 Å². The molecule has 8 heteroatoms. The van der Waals surface area contributed by atoms with Crippen LogP contribution in [0.5, 0.6) is 0 Å². The van der Waals surface area contributed by atoms with Gasteiger partial charge in [0.2, 0.25) is 5.91 Å². The van der Waals surface area contributed by atoms with Crippen molar-refractivity contribution >= 4 is 35.8 Å². The van der Waals surface area contributed by atoms with Crippen LogP contribution >= 0.6 is 24.0 Å². The number of likely N-dealkylation sites (tertiary alicyclic amines) is 1. The number of hydrogen-bond donors (Lipinski definition) is 2. The molecule has 31 heavy (non-hydrogen) atoms. The van der Waals surface area contributed by atoms with Gasteiger partial charge in [0.15, 0.2) is 5.96 Å². The molecule has 1 fully saturated rings. The van der Waals surface area contributed by atoms with Crippen molar-refractivity contribution in [1.82, 2.24) is 25.3 Å². The van der Waals surface area contributed by atoms with Crippen molar-refractivity contribution in [1.29, 1.82) is 0 Å². The first-order valence-corrected chi connectivity index (χ1v) is 11.0. The fraction of sp³-hybridized carbons (Fsp3) is 0.522. The highest BCUT2D eigenvalue weighted by atomic mass is 127. The van der Waals surface area contributed by atoms with Gasteiger partial charge in [0, 0.05) is 45.0 Å². The predicted octanol–water partition coefficient (Wildman–Crippen LogP) is 3.24. The quantitative estimate of drug-likeness (QED) is 0.308. The summed E-state index contributed by atoms with van der Waals surface area (Å²) in [6.45, 7) is 8.13. The molecule has 2 heterocycles. The molecule has 0 saturated carbocycles. The Bertz CT molecular complexity index is 806. The molecule has 0 spiro atoms. The van der Waals surface area contributed by atoms with E-state index in [4.69, 9.17) is 0 Å². The SMILES string of the molecule is CCNC(=NCCC(=O)N1CCCC(C)C1)NCCc1ccc(-n2cccn2)cc1.I. The molecular weight excluding hydrogens is 503 g/mol. The maximum Gasteiger partial charge on any atom is 0.224 e. The Hall–Kier alpha value is -2.10. The highest BCUT2D eigenvalue weighted by molar-refractivity contribution is 14.0. The number of nitrogens with zero attached hydrogens (tertiary/aromatic N) is 4. The number of carbonyl (C=O) groups is 1.